The third kappa shape index (κ3) is 0.618. The molecule has 0 amide bonds. The fraction of sp³-hybridized carbons (Fsp3) is 1.00. The van der Waals surface area contributed by atoms with Gasteiger partial charge in [-0.05, 0) is 49.6 Å². The van der Waals surface area contributed by atoms with Gasteiger partial charge in [0.15, 0.2) is 0 Å². The van der Waals surface area contributed by atoms with Crippen molar-refractivity contribution in [3.8, 4) is 0 Å². The van der Waals surface area contributed by atoms with Crippen molar-refractivity contribution in [2.45, 2.75) is 26.2 Å². The van der Waals surface area contributed by atoms with Crippen molar-refractivity contribution in [3.63, 3.8) is 0 Å². The second-order valence-electron chi connectivity index (χ2n) is 4.63. The van der Waals surface area contributed by atoms with Gasteiger partial charge in [-0.2, -0.15) is 0 Å². The van der Waals surface area contributed by atoms with Crippen LogP contribution in [-0.4, -0.2) is 24.5 Å². The van der Waals surface area contributed by atoms with Gasteiger partial charge in [0.2, 0.25) is 0 Å². The van der Waals surface area contributed by atoms with Crippen LogP contribution in [0, 0.1) is 17.3 Å². The lowest BCUT2D eigenvalue weighted by Crippen LogP contribution is -2.34. The molecule has 0 aromatic carbocycles. The number of hydrogen-bond donors (Lipinski definition) is 0. The number of rotatable bonds is 1. The van der Waals surface area contributed by atoms with Gasteiger partial charge >= 0.3 is 0 Å². The number of hydrogen-bond acceptors (Lipinski definition) is 1. The molecule has 0 N–H and O–H groups in total. The summed E-state index contributed by atoms with van der Waals surface area (Å²) in [6, 6.07) is 0. The van der Waals surface area contributed by atoms with Gasteiger partial charge in [-0.3, -0.25) is 0 Å². The Hall–Kier alpha value is -0.0400. The molecule has 2 saturated carbocycles. The van der Waals surface area contributed by atoms with Crippen LogP contribution in [0.3, 0.4) is 0 Å². The van der Waals surface area contributed by atoms with Crippen LogP contribution in [0.25, 0.3) is 0 Å². The predicted molar refractivity (Wildman–Crippen MR) is 45.4 cm³/mol. The predicted octanol–water partition coefficient (Wildman–Crippen LogP) is 1.74. The van der Waals surface area contributed by atoms with E-state index in [-0.39, 0.29) is 0 Å². The van der Waals surface area contributed by atoms with E-state index in [4.69, 9.17) is 0 Å². The summed E-state index contributed by atoms with van der Waals surface area (Å²) in [5.74, 6) is 2.32. The molecule has 1 heteroatoms. The van der Waals surface area contributed by atoms with E-state index in [1.165, 1.54) is 32.0 Å². The van der Waals surface area contributed by atoms with Crippen LogP contribution in [-0.2, 0) is 0 Å². The van der Waals surface area contributed by atoms with Crippen LogP contribution < -0.4 is 0 Å². The molecule has 0 aromatic rings. The normalized spacial score (nSPS) is 54.3. The van der Waals surface area contributed by atoms with Gasteiger partial charge in [-0.15, -0.1) is 0 Å². The van der Waals surface area contributed by atoms with Crippen LogP contribution in [0.1, 0.15) is 26.2 Å². The molecule has 3 fully saturated rings. The minimum Gasteiger partial charge on any atom is -0.303 e. The zero-order chi connectivity index (χ0) is 7.47. The minimum absolute atomic E-state index is 0.922. The van der Waals surface area contributed by atoms with Crippen molar-refractivity contribution in [1.82, 2.24) is 4.90 Å². The van der Waals surface area contributed by atoms with Crippen molar-refractivity contribution < 1.29 is 0 Å². The Kier molecular flexibility index (Phi) is 1.07. The maximum atomic E-state index is 2.63. The molecule has 1 saturated heterocycles. The van der Waals surface area contributed by atoms with Gasteiger partial charge in [0.05, 0.1) is 0 Å². The second kappa shape index (κ2) is 1.82. The van der Waals surface area contributed by atoms with Gasteiger partial charge in [0, 0.05) is 6.54 Å². The molecule has 1 nitrogen and oxygen atoms in total. The summed E-state index contributed by atoms with van der Waals surface area (Å²) in [7, 11) is 0. The van der Waals surface area contributed by atoms with E-state index in [1.807, 2.05) is 0 Å². The molecule has 2 aliphatic carbocycles. The van der Waals surface area contributed by atoms with Crippen molar-refractivity contribution >= 4 is 0 Å². The monoisotopic (exact) mass is 151 g/mol. The third-order valence-electron chi connectivity index (χ3n) is 4.57. The third-order valence-corrected chi connectivity index (χ3v) is 4.57. The molecular weight excluding hydrogens is 134 g/mol. The van der Waals surface area contributed by atoms with E-state index < -0.39 is 0 Å². The Balaban J connectivity index is 1.73. The Labute approximate surface area is 68.8 Å². The first-order valence-corrected chi connectivity index (χ1v) is 5.09. The SMILES string of the molecule is CCN1CCC23CCC2C3C1. The highest BCUT2D eigenvalue weighted by Crippen LogP contribution is 2.75. The van der Waals surface area contributed by atoms with Crippen LogP contribution in [0.5, 0.6) is 0 Å². The lowest BCUT2D eigenvalue weighted by atomic mass is 9.81. The first-order chi connectivity index (χ1) is 5.37. The number of likely N-dealkylation sites (tertiary alicyclic amines) is 1. The first kappa shape index (κ1) is 6.47. The van der Waals surface area contributed by atoms with Crippen LogP contribution in [0.15, 0.2) is 0 Å². The van der Waals surface area contributed by atoms with Crippen LogP contribution >= 0.6 is 0 Å². The maximum Gasteiger partial charge on any atom is 0.00178 e. The largest absolute Gasteiger partial charge is 0.303 e. The summed E-state index contributed by atoms with van der Waals surface area (Å²) in [6.07, 6.45) is 4.65. The smallest absolute Gasteiger partial charge is 0.00178 e. The summed E-state index contributed by atoms with van der Waals surface area (Å²) in [4.78, 5) is 2.63. The lowest BCUT2D eigenvalue weighted by molar-refractivity contribution is 0.161. The molecule has 3 unspecified atom stereocenters. The fourth-order valence-electron chi connectivity index (χ4n) is 3.57. The van der Waals surface area contributed by atoms with Crippen LogP contribution in [0.4, 0.5) is 0 Å². The Morgan fingerprint density at radius 3 is 2.82 bits per heavy atom. The summed E-state index contributed by atoms with van der Waals surface area (Å²) in [5.41, 5.74) is 0.922. The molecule has 1 spiro atoms. The average Bonchev–Trinajstić information content (AvgIpc) is 2.47. The molecule has 62 valence electrons. The quantitative estimate of drug-likeness (QED) is 0.552. The fourth-order valence-corrected chi connectivity index (χ4v) is 3.57. The number of piperidine rings is 1. The molecule has 11 heavy (non-hydrogen) atoms. The Bertz CT molecular complexity index is 189. The zero-order valence-electron chi connectivity index (χ0n) is 7.34. The molecule has 3 rings (SSSR count). The molecule has 0 bridgehead atoms. The highest BCUT2D eigenvalue weighted by atomic mass is 15.2. The van der Waals surface area contributed by atoms with E-state index >= 15 is 0 Å². The Morgan fingerprint density at radius 1 is 1.36 bits per heavy atom. The zero-order valence-corrected chi connectivity index (χ0v) is 7.34. The molecule has 1 aliphatic heterocycles. The van der Waals surface area contributed by atoms with Crippen molar-refractivity contribution in [3.05, 3.63) is 0 Å². The van der Waals surface area contributed by atoms with Crippen LogP contribution in [0.2, 0.25) is 0 Å². The molecule has 3 atom stereocenters. The number of nitrogens with zero attached hydrogens (tertiary/aromatic N) is 1. The highest BCUT2D eigenvalue weighted by molar-refractivity contribution is 5.19. The summed E-state index contributed by atoms with van der Waals surface area (Å²) in [5, 5.41) is 0. The molecule has 0 radical (unpaired) electrons. The minimum atomic E-state index is 0.922. The molecule has 1 heterocycles. The summed E-state index contributed by atoms with van der Waals surface area (Å²) < 4.78 is 0. The Morgan fingerprint density at radius 2 is 2.27 bits per heavy atom. The van der Waals surface area contributed by atoms with Gasteiger partial charge < -0.3 is 4.90 Å². The molecule has 3 aliphatic rings. The maximum absolute atomic E-state index is 2.63. The van der Waals surface area contributed by atoms with Gasteiger partial charge in [0.1, 0.15) is 0 Å². The average molecular weight is 151 g/mol. The van der Waals surface area contributed by atoms with Crippen molar-refractivity contribution in [2.24, 2.45) is 17.3 Å². The van der Waals surface area contributed by atoms with Gasteiger partial charge in [-0.1, -0.05) is 6.92 Å². The van der Waals surface area contributed by atoms with E-state index in [2.05, 4.69) is 11.8 Å². The van der Waals surface area contributed by atoms with E-state index in [0.717, 1.165) is 11.3 Å². The highest BCUT2D eigenvalue weighted by Gasteiger charge is 2.70. The first-order valence-electron chi connectivity index (χ1n) is 5.09. The van der Waals surface area contributed by atoms with Crippen molar-refractivity contribution in [1.29, 1.82) is 0 Å². The van der Waals surface area contributed by atoms with Gasteiger partial charge in [0.25, 0.3) is 0 Å². The summed E-state index contributed by atoms with van der Waals surface area (Å²) >= 11 is 0. The lowest BCUT2D eigenvalue weighted by Gasteiger charge is -2.32. The molecular formula is C10H17N. The van der Waals surface area contributed by atoms with Gasteiger partial charge in [-0.25, -0.2) is 0 Å². The second-order valence-corrected chi connectivity index (χ2v) is 4.63. The topological polar surface area (TPSA) is 3.24 Å². The molecule has 0 aromatic heterocycles. The standard InChI is InChI=1S/C10H17N/c1-2-11-6-5-10-4-3-8(10)9(10)7-11/h8-9H,2-7H2,1H3. The van der Waals surface area contributed by atoms with E-state index in [1.54, 1.807) is 12.8 Å². The number of fused-ring (bicyclic) bond motifs is 1. The summed E-state index contributed by atoms with van der Waals surface area (Å²) in [6.45, 7) is 6.40. The van der Waals surface area contributed by atoms with Crippen molar-refractivity contribution in [2.75, 3.05) is 19.6 Å². The van der Waals surface area contributed by atoms with E-state index in [0.29, 0.717) is 0 Å². The van der Waals surface area contributed by atoms with E-state index in [9.17, 15) is 0 Å².